The highest BCUT2D eigenvalue weighted by atomic mass is 32.2. The third-order valence-corrected chi connectivity index (χ3v) is 7.24. The average molecular weight is 451 g/mol. The van der Waals surface area contributed by atoms with Crippen LogP contribution in [0.3, 0.4) is 0 Å². The van der Waals surface area contributed by atoms with E-state index in [0.717, 1.165) is 24.2 Å². The Balaban J connectivity index is 1.91. The van der Waals surface area contributed by atoms with Gasteiger partial charge in [0.05, 0.1) is 16.6 Å². The minimum atomic E-state index is -1.40. The van der Waals surface area contributed by atoms with Crippen molar-refractivity contribution in [2.45, 2.75) is 65.9 Å². The maximum absolute atomic E-state index is 13.5. The van der Waals surface area contributed by atoms with E-state index in [-0.39, 0.29) is 5.56 Å². The van der Waals surface area contributed by atoms with Gasteiger partial charge >= 0.3 is 0 Å². The van der Waals surface area contributed by atoms with Gasteiger partial charge < -0.3 is 9.45 Å². The van der Waals surface area contributed by atoms with Crippen molar-refractivity contribution in [3.63, 3.8) is 0 Å². The molecule has 0 aliphatic carbocycles. The molecule has 6 nitrogen and oxygen atoms in total. The van der Waals surface area contributed by atoms with E-state index < -0.39 is 16.1 Å². The molecule has 32 heavy (non-hydrogen) atoms. The number of anilines is 1. The molecular formula is C25H30N4O2S. The normalized spacial score (nSPS) is 15.3. The van der Waals surface area contributed by atoms with Crippen LogP contribution in [0.15, 0.2) is 45.6 Å². The van der Waals surface area contributed by atoms with E-state index in [0.29, 0.717) is 29.1 Å². The first-order valence-corrected chi connectivity index (χ1v) is 12.1. The highest BCUT2D eigenvalue weighted by Crippen LogP contribution is 2.29. The number of aromatic nitrogens is 2. The molecule has 2 heterocycles. The van der Waals surface area contributed by atoms with E-state index in [4.69, 9.17) is 4.98 Å². The number of benzene rings is 2. The lowest BCUT2D eigenvalue weighted by Crippen LogP contribution is -2.30. The number of nitrogens with zero attached hydrogens (tertiary/aromatic N) is 4. The van der Waals surface area contributed by atoms with Crippen molar-refractivity contribution in [2.24, 2.45) is 4.40 Å². The van der Waals surface area contributed by atoms with Gasteiger partial charge in [-0.1, -0.05) is 28.7 Å². The van der Waals surface area contributed by atoms with Crippen molar-refractivity contribution in [1.82, 2.24) is 9.55 Å². The summed E-state index contributed by atoms with van der Waals surface area (Å²) in [5.74, 6) is 0.663. The SMILES string of the molecule is CCn1c(N2Cc3ccccc3C2)nc2c(C(C)=N[S+]([O-])C(C)(C)C)cc(C)cc2c1=O. The molecule has 1 aromatic heterocycles. The van der Waals surface area contributed by atoms with Gasteiger partial charge in [0.1, 0.15) is 16.1 Å². The second-order valence-electron chi connectivity index (χ2n) is 9.33. The van der Waals surface area contributed by atoms with Crippen LogP contribution in [0, 0.1) is 6.92 Å². The van der Waals surface area contributed by atoms with Crippen LogP contribution in [0.5, 0.6) is 0 Å². The van der Waals surface area contributed by atoms with Gasteiger partial charge in [0.15, 0.2) is 0 Å². The lowest BCUT2D eigenvalue weighted by Gasteiger charge is -2.22. The van der Waals surface area contributed by atoms with Crippen LogP contribution in [0.1, 0.15) is 56.9 Å². The first kappa shape index (κ1) is 22.6. The lowest BCUT2D eigenvalue weighted by atomic mass is 10.0. The predicted octanol–water partition coefficient (Wildman–Crippen LogP) is 4.52. The van der Waals surface area contributed by atoms with Gasteiger partial charge in [0.2, 0.25) is 5.95 Å². The molecule has 168 valence electrons. The maximum atomic E-state index is 13.5. The number of hydrogen-bond donors (Lipinski definition) is 0. The molecule has 0 bridgehead atoms. The molecule has 7 heteroatoms. The summed E-state index contributed by atoms with van der Waals surface area (Å²) < 4.78 is 18.4. The minimum Gasteiger partial charge on any atom is -0.591 e. The Bertz CT molecular complexity index is 1250. The van der Waals surface area contributed by atoms with Crippen molar-refractivity contribution in [2.75, 3.05) is 4.90 Å². The van der Waals surface area contributed by atoms with E-state index in [2.05, 4.69) is 21.4 Å². The lowest BCUT2D eigenvalue weighted by molar-refractivity contribution is 0.561. The maximum Gasteiger partial charge on any atom is 0.262 e. The van der Waals surface area contributed by atoms with Crippen molar-refractivity contribution in [1.29, 1.82) is 0 Å². The molecule has 1 aliphatic rings. The van der Waals surface area contributed by atoms with Gasteiger partial charge in [-0.15, -0.1) is 0 Å². The van der Waals surface area contributed by atoms with Gasteiger partial charge in [-0.25, -0.2) is 4.98 Å². The molecule has 0 saturated carbocycles. The largest absolute Gasteiger partial charge is 0.591 e. The Labute approximate surface area is 192 Å². The Kier molecular flexibility index (Phi) is 5.90. The molecule has 3 aromatic rings. The van der Waals surface area contributed by atoms with Gasteiger partial charge in [0.25, 0.3) is 5.56 Å². The average Bonchev–Trinajstić information content (AvgIpc) is 3.17. The molecule has 1 aliphatic heterocycles. The fourth-order valence-electron chi connectivity index (χ4n) is 4.05. The third kappa shape index (κ3) is 4.07. The highest BCUT2D eigenvalue weighted by Gasteiger charge is 2.28. The van der Waals surface area contributed by atoms with Crippen LogP contribution in [0.2, 0.25) is 0 Å². The molecule has 0 radical (unpaired) electrons. The topological polar surface area (TPSA) is 73.6 Å². The Morgan fingerprint density at radius 2 is 1.81 bits per heavy atom. The molecule has 0 saturated heterocycles. The summed E-state index contributed by atoms with van der Waals surface area (Å²) in [6.07, 6.45) is 0. The predicted molar refractivity (Wildman–Crippen MR) is 133 cm³/mol. The summed E-state index contributed by atoms with van der Waals surface area (Å²) in [5.41, 5.74) is 5.41. The third-order valence-electron chi connectivity index (χ3n) is 5.76. The first-order chi connectivity index (χ1) is 15.1. The van der Waals surface area contributed by atoms with Gasteiger partial charge in [-0.05, 0) is 70.4 Å². The fourth-order valence-corrected chi connectivity index (χ4v) is 4.67. The van der Waals surface area contributed by atoms with Crippen molar-refractivity contribution >= 4 is 33.9 Å². The van der Waals surface area contributed by atoms with Crippen molar-refractivity contribution in [3.8, 4) is 0 Å². The smallest absolute Gasteiger partial charge is 0.262 e. The second-order valence-corrected chi connectivity index (χ2v) is 11.2. The van der Waals surface area contributed by atoms with Crippen LogP contribution < -0.4 is 10.5 Å². The Morgan fingerprint density at radius 3 is 2.38 bits per heavy atom. The summed E-state index contributed by atoms with van der Waals surface area (Å²) in [6, 6.07) is 12.2. The van der Waals surface area contributed by atoms with Crippen LogP contribution in [0.25, 0.3) is 10.9 Å². The van der Waals surface area contributed by atoms with Gasteiger partial charge in [-0.2, -0.15) is 0 Å². The number of fused-ring (bicyclic) bond motifs is 2. The zero-order chi connectivity index (χ0) is 23.2. The van der Waals surface area contributed by atoms with Gasteiger partial charge in [-0.3, -0.25) is 9.36 Å². The summed E-state index contributed by atoms with van der Waals surface area (Å²) in [5, 5.41) is 0.568. The molecule has 0 spiro atoms. The van der Waals surface area contributed by atoms with Crippen LogP contribution >= 0.6 is 0 Å². The van der Waals surface area contributed by atoms with Crippen molar-refractivity contribution in [3.05, 3.63) is 69.0 Å². The van der Waals surface area contributed by atoms with Crippen LogP contribution in [-0.4, -0.2) is 24.6 Å². The first-order valence-electron chi connectivity index (χ1n) is 10.9. The van der Waals surface area contributed by atoms with E-state index >= 15 is 0 Å². The summed E-state index contributed by atoms with van der Waals surface area (Å²) in [6.45, 7) is 13.4. The zero-order valence-electron chi connectivity index (χ0n) is 19.6. The zero-order valence-corrected chi connectivity index (χ0v) is 20.4. The quantitative estimate of drug-likeness (QED) is 0.433. The summed E-state index contributed by atoms with van der Waals surface area (Å²) in [7, 11) is 0. The molecule has 0 amide bonds. The molecule has 2 aromatic carbocycles. The second kappa shape index (κ2) is 8.37. The Hall–Kier alpha value is -2.64. The molecule has 0 fully saturated rings. The fraction of sp³-hybridized carbons (Fsp3) is 0.400. The van der Waals surface area contributed by atoms with E-state index in [9.17, 15) is 9.35 Å². The number of aryl methyl sites for hydroxylation is 1. The number of hydrogen-bond acceptors (Lipinski definition) is 5. The standard InChI is InChI=1S/C25H30N4O2S/c1-7-29-23(30)21-13-16(2)12-20(17(3)27-32(31)25(4,5)6)22(21)26-24(29)28-14-18-10-8-9-11-19(18)15-28/h8-13H,7,14-15H2,1-6H3. The number of rotatable bonds is 4. The van der Waals surface area contributed by atoms with Gasteiger partial charge in [0, 0.05) is 25.2 Å². The molecule has 0 N–H and O–H groups in total. The summed E-state index contributed by atoms with van der Waals surface area (Å²) in [4.78, 5) is 20.7. The molecule has 1 atom stereocenters. The van der Waals surface area contributed by atoms with E-state index in [1.165, 1.54) is 11.1 Å². The minimum absolute atomic E-state index is 0.0573. The van der Waals surface area contributed by atoms with Crippen molar-refractivity contribution < 1.29 is 4.55 Å². The monoisotopic (exact) mass is 450 g/mol. The molecule has 1 unspecified atom stereocenters. The Morgan fingerprint density at radius 1 is 1.19 bits per heavy atom. The van der Waals surface area contributed by atoms with Crippen LogP contribution in [-0.2, 0) is 31.0 Å². The summed E-state index contributed by atoms with van der Waals surface area (Å²) >= 11 is -1.40. The van der Waals surface area contributed by atoms with E-state index in [1.54, 1.807) is 4.57 Å². The van der Waals surface area contributed by atoms with Crippen LogP contribution in [0.4, 0.5) is 5.95 Å². The highest BCUT2D eigenvalue weighted by molar-refractivity contribution is 7.91. The molecular weight excluding hydrogens is 420 g/mol. The van der Waals surface area contributed by atoms with E-state index in [1.807, 2.05) is 65.8 Å². The molecule has 4 rings (SSSR count).